The van der Waals surface area contributed by atoms with E-state index in [4.69, 9.17) is 11.6 Å². The molecule has 2 N–H and O–H groups in total. The van der Waals surface area contributed by atoms with Crippen LogP contribution in [0.5, 0.6) is 0 Å². The third-order valence-electron chi connectivity index (χ3n) is 3.36. The quantitative estimate of drug-likeness (QED) is 0.230. The summed E-state index contributed by atoms with van der Waals surface area (Å²) in [6.45, 7) is 1.53. The van der Waals surface area contributed by atoms with Crippen LogP contribution in [0.15, 0.2) is 38.8 Å². The van der Waals surface area contributed by atoms with Crippen molar-refractivity contribution in [1.82, 2.24) is 14.9 Å². The van der Waals surface area contributed by atoms with Crippen molar-refractivity contribution in [1.29, 1.82) is 0 Å². The second-order valence-electron chi connectivity index (χ2n) is 5.18. The van der Waals surface area contributed by atoms with Gasteiger partial charge in [-0.1, -0.05) is 17.7 Å². The summed E-state index contributed by atoms with van der Waals surface area (Å²) in [5.41, 5.74) is 0. The van der Waals surface area contributed by atoms with E-state index in [1.807, 2.05) is 18.0 Å². The van der Waals surface area contributed by atoms with Gasteiger partial charge in [0, 0.05) is 38.6 Å². The van der Waals surface area contributed by atoms with Gasteiger partial charge in [0.1, 0.15) is 4.21 Å². The molecule has 0 spiro atoms. The Morgan fingerprint density at radius 2 is 2.08 bits per heavy atom. The van der Waals surface area contributed by atoms with Gasteiger partial charge in [0.15, 0.2) is 5.96 Å². The van der Waals surface area contributed by atoms with Crippen LogP contribution in [0, 0.1) is 0 Å². The van der Waals surface area contributed by atoms with E-state index in [1.54, 1.807) is 24.5 Å². The molecule has 11 heteroatoms. The Hall–Kier alpha value is -0.400. The van der Waals surface area contributed by atoms with Crippen molar-refractivity contribution in [3.8, 4) is 0 Å². The summed E-state index contributed by atoms with van der Waals surface area (Å²) in [7, 11) is 0.157. The van der Waals surface area contributed by atoms with Gasteiger partial charge in [0.05, 0.1) is 4.34 Å². The number of hydrogen-bond donors (Lipinski definition) is 2. The number of likely N-dealkylation sites (N-methyl/N-ethyl adjacent to an activating group) is 1. The van der Waals surface area contributed by atoms with Crippen LogP contribution in [0.1, 0.15) is 4.88 Å². The minimum atomic E-state index is -3.51. The maximum Gasteiger partial charge on any atom is 0.250 e. The molecule has 2 aromatic heterocycles. The SMILES string of the molecule is CN=C(NCCNS(=O)(=O)c1ccc(Cl)s1)N(C)CCc1cccs1.I. The fourth-order valence-electron chi connectivity index (χ4n) is 2.10. The van der Waals surface area contributed by atoms with Crippen LogP contribution in [0.25, 0.3) is 0 Å². The average molecular weight is 549 g/mol. The fraction of sp³-hybridized carbons (Fsp3) is 0.400. The van der Waals surface area contributed by atoms with E-state index in [1.165, 1.54) is 10.9 Å². The molecule has 6 nitrogen and oxygen atoms in total. The molecule has 0 aromatic carbocycles. The smallest absolute Gasteiger partial charge is 0.250 e. The predicted octanol–water partition coefficient (Wildman–Crippen LogP) is 3.11. The lowest BCUT2D eigenvalue weighted by atomic mass is 10.3. The van der Waals surface area contributed by atoms with Gasteiger partial charge in [0.2, 0.25) is 10.0 Å². The number of sulfonamides is 1. The number of guanidine groups is 1. The second-order valence-corrected chi connectivity index (χ2v) is 9.92. The van der Waals surface area contributed by atoms with Gasteiger partial charge in [-0.15, -0.1) is 46.7 Å². The fourth-order valence-corrected chi connectivity index (χ4v) is 5.35. The molecule has 0 radical (unpaired) electrons. The Kier molecular flexibility index (Phi) is 10.4. The minimum absolute atomic E-state index is 0. The zero-order chi connectivity index (χ0) is 18.3. The Labute approximate surface area is 184 Å². The van der Waals surface area contributed by atoms with Gasteiger partial charge in [-0.2, -0.15) is 0 Å². The van der Waals surface area contributed by atoms with Crippen molar-refractivity contribution < 1.29 is 8.42 Å². The van der Waals surface area contributed by atoms with Crippen molar-refractivity contribution in [2.24, 2.45) is 4.99 Å². The monoisotopic (exact) mass is 548 g/mol. The van der Waals surface area contributed by atoms with E-state index in [9.17, 15) is 8.42 Å². The van der Waals surface area contributed by atoms with E-state index < -0.39 is 10.0 Å². The number of aliphatic imine (C=N–C) groups is 1. The molecule has 0 unspecified atom stereocenters. The molecular formula is C15H22ClIN4O2S3. The molecule has 0 atom stereocenters. The van der Waals surface area contributed by atoms with Crippen LogP contribution in [0.3, 0.4) is 0 Å². The number of rotatable bonds is 8. The van der Waals surface area contributed by atoms with Gasteiger partial charge in [0.25, 0.3) is 0 Å². The molecule has 146 valence electrons. The van der Waals surface area contributed by atoms with Crippen LogP contribution in [-0.4, -0.2) is 53.0 Å². The number of halogens is 2. The molecule has 2 aromatic rings. The largest absolute Gasteiger partial charge is 0.355 e. The van der Waals surface area contributed by atoms with Gasteiger partial charge in [-0.05, 0) is 30.0 Å². The molecule has 0 aliphatic carbocycles. The molecule has 0 saturated carbocycles. The van der Waals surface area contributed by atoms with E-state index in [2.05, 4.69) is 26.5 Å². The van der Waals surface area contributed by atoms with Crippen LogP contribution in [0.4, 0.5) is 0 Å². The Bertz CT molecular complexity index is 794. The van der Waals surface area contributed by atoms with Crippen molar-refractivity contribution in [2.45, 2.75) is 10.6 Å². The highest BCUT2D eigenvalue weighted by Crippen LogP contribution is 2.25. The number of nitrogens with zero attached hydrogens (tertiary/aromatic N) is 2. The summed E-state index contributed by atoms with van der Waals surface area (Å²) in [5.74, 6) is 0.731. The topological polar surface area (TPSA) is 73.8 Å². The first kappa shape index (κ1) is 23.6. The lowest BCUT2D eigenvalue weighted by Crippen LogP contribution is -2.43. The second kappa shape index (κ2) is 11.4. The molecule has 2 heterocycles. The average Bonchev–Trinajstić information content (AvgIpc) is 3.24. The van der Waals surface area contributed by atoms with Crippen LogP contribution >= 0.6 is 58.3 Å². The molecule has 0 aliphatic rings. The first-order chi connectivity index (χ1) is 11.9. The van der Waals surface area contributed by atoms with Crippen LogP contribution in [0.2, 0.25) is 4.34 Å². The van der Waals surface area contributed by atoms with Crippen molar-refractivity contribution in [3.63, 3.8) is 0 Å². The first-order valence-electron chi connectivity index (χ1n) is 7.61. The minimum Gasteiger partial charge on any atom is -0.355 e. The molecule has 0 saturated heterocycles. The number of thiophene rings is 2. The molecule has 0 aliphatic heterocycles. The highest BCUT2D eigenvalue weighted by molar-refractivity contribution is 14.0. The predicted molar refractivity (Wildman–Crippen MR) is 122 cm³/mol. The highest BCUT2D eigenvalue weighted by Gasteiger charge is 2.16. The lowest BCUT2D eigenvalue weighted by Gasteiger charge is -2.21. The number of hydrogen-bond acceptors (Lipinski definition) is 5. The van der Waals surface area contributed by atoms with E-state index >= 15 is 0 Å². The van der Waals surface area contributed by atoms with Crippen LogP contribution in [-0.2, 0) is 16.4 Å². The third-order valence-corrected chi connectivity index (χ3v) is 7.48. The maximum atomic E-state index is 12.1. The van der Waals surface area contributed by atoms with Gasteiger partial charge < -0.3 is 10.2 Å². The van der Waals surface area contributed by atoms with E-state index in [0.29, 0.717) is 10.9 Å². The zero-order valence-electron chi connectivity index (χ0n) is 14.4. The first-order valence-corrected chi connectivity index (χ1v) is 11.2. The van der Waals surface area contributed by atoms with Crippen molar-refractivity contribution >= 4 is 74.2 Å². The van der Waals surface area contributed by atoms with E-state index in [0.717, 1.165) is 30.3 Å². The lowest BCUT2D eigenvalue weighted by molar-refractivity contribution is 0.486. The standard InChI is InChI=1S/C15H21ClN4O2S3.HI/c1-17-15(20(2)10-7-12-4-3-11-23-12)18-8-9-19-25(21,22)14-6-5-13(16)24-14;/h3-6,11,19H,7-10H2,1-2H3,(H,17,18);1H. The summed E-state index contributed by atoms with van der Waals surface area (Å²) < 4.78 is 27.4. The van der Waals surface area contributed by atoms with E-state index in [-0.39, 0.29) is 34.7 Å². The summed E-state index contributed by atoms with van der Waals surface area (Å²) in [4.78, 5) is 7.57. The maximum absolute atomic E-state index is 12.1. The highest BCUT2D eigenvalue weighted by atomic mass is 127. The Balaban J connectivity index is 0.00000338. The summed E-state index contributed by atoms with van der Waals surface area (Å²) in [5, 5.41) is 5.22. The van der Waals surface area contributed by atoms with Crippen molar-refractivity contribution in [2.75, 3.05) is 33.7 Å². The van der Waals surface area contributed by atoms with Gasteiger partial charge in [-0.25, -0.2) is 13.1 Å². The summed E-state index contributed by atoms with van der Waals surface area (Å²) in [6, 6.07) is 7.23. The molecular weight excluding hydrogens is 527 g/mol. The molecule has 0 amide bonds. The molecule has 2 rings (SSSR count). The van der Waals surface area contributed by atoms with Crippen LogP contribution < -0.4 is 10.0 Å². The summed E-state index contributed by atoms with van der Waals surface area (Å²) >= 11 is 8.56. The van der Waals surface area contributed by atoms with Gasteiger partial charge >= 0.3 is 0 Å². The Morgan fingerprint density at radius 3 is 2.65 bits per heavy atom. The molecule has 0 bridgehead atoms. The normalized spacial score (nSPS) is 11.9. The summed E-state index contributed by atoms with van der Waals surface area (Å²) in [6.07, 6.45) is 0.945. The Morgan fingerprint density at radius 1 is 1.31 bits per heavy atom. The zero-order valence-corrected chi connectivity index (χ0v) is 20.0. The number of nitrogens with one attached hydrogen (secondary N) is 2. The molecule has 26 heavy (non-hydrogen) atoms. The molecule has 0 fully saturated rings. The van der Waals surface area contributed by atoms with Gasteiger partial charge in [-0.3, -0.25) is 4.99 Å². The third kappa shape index (κ3) is 7.31. The van der Waals surface area contributed by atoms with Crippen molar-refractivity contribution in [3.05, 3.63) is 38.9 Å².